The normalized spacial score (nSPS) is 18.3. The highest BCUT2D eigenvalue weighted by atomic mass is 19.2. The van der Waals surface area contributed by atoms with Crippen LogP contribution in [-0.4, -0.2) is 90.1 Å². The Bertz CT molecular complexity index is 1290. The number of hydrogen-bond acceptors (Lipinski definition) is 8. The van der Waals surface area contributed by atoms with Crippen LogP contribution >= 0.6 is 0 Å². The van der Waals surface area contributed by atoms with E-state index in [0.717, 1.165) is 56.9 Å². The van der Waals surface area contributed by atoms with Crippen LogP contribution in [0.5, 0.6) is 0 Å². The molecule has 2 aliphatic heterocycles. The number of carbonyl (C=O) groups is 3. The van der Waals surface area contributed by atoms with Crippen molar-refractivity contribution in [2.24, 2.45) is 0 Å². The number of hydroxylamine groups is 2. The first-order valence-electron chi connectivity index (χ1n) is 13.2. The van der Waals surface area contributed by atoms with E-state index < -0.39 is 35.7 Å². The number of aromatic nitrogens is 1. The smallest absolute Gasteiger partial charge is 0.352 e. The number of pyridine rings is 1. The van der Waals surface area contributed by atoms with Gasteiger partial charge in [0.2, 0.25) is 0 Å². The third-order valence-corrected chi connectivity index (χ3v) is 7.25. The number of imide groups is 1. The molecule has 1 aromatic heterocycles. The molecule has 2 aliphatic rings. The van der Waals surface area contributed by atoms with Crippen LogP contribution in [0, 0.1) is 11.6 Å². The molecule has 41 heavy (non-hydrogen) atoms. The summed E-state index contributed by atoms with van der Waals surface area (Å²) in [4.78, 5) is 46.6. The predicted molar refractivity (Wildman–Crippen MR) is 142 cm³/mol. The van der Waals surface area contributed by atoms with E-state index in [2.05, 4.69) is 15.2 Å². The van der Waals surface area contributed by atoms with Crippen LogP contribution in [0.25, 0.3) is 0 Å². The predicted octanol–water partition coefficient (Wildman–Crippen LogP) is 3.58. The molecule has 0 spiro atoms. The third kappa shape index (κ3) is 6.87. The highest BCUT2D eigenvalue weighted by molar-refractivity contribution is 6.01. The number of amides is 4. The van der Waals surface area contributed by atoms with Gasteiger partial charge >= 0.3 is 18.0 Å². The number of ether oxygens (including phenoxy) is 2. The minimum absolute atomic E-state index is 0.0123. The molecule has 13 heteroatoms. The van der Waals surface area contributed by atoms with Gasteiger partial charge in [0.1, 0.15) is 6.04 Å². The number of hydrogen-bond donors (Lipinski definition) is 2. The molecule has 2 aromatic rings. The van der Waals surface area contributed by atoms with Gasteiger partial charge in [0, 0.05) is 24.9 Å². The van der Waals surface area contributed by atoms with Crippen molar-refractivity contribution in [3.63, 3.8) is 0 Å². The molecule has 4 amide bonds. The van der Waals surface area contributed by atoms with Gasteiger partial charge in [-0.3, -0.25) is 10.2 Å². The lowest BCUT2D eigenvalue weighted by atomic mass is 9.93. The Morgan fingerprint density at radius 3 is 2.54 bits per heavy atom. The molecule has 220 valence electrons. The van der Waals surface area contributed by atoms with Crippen molar-refractivity contribution < 1.29 is 37.8 Å². The van der Waals surface area contributed by atoms with E-state index in [1.807, 2.05) is 18.2 Å². The van der Waals surface area contributed by atoms with Crippen LogP contribution in [0.3, 0.4) is 0 Å². The van der Waals surface area contributed by atoms with Gasteiger partial charge in [0.05, 0.1) is 31.5 Å². The minimum atomic E-state index is -1.52. The number of esters is 1. The largest absolute Gasteiger partial charge is 0.466 e. The fourth-order valence-electron chi connectivity index (χ4n) is 5.20. The van der Waals surface area contributed by atoms with Gasteiger partial charge in [-0.1, -0.05) is 12.1 Å². The Kier molecular flexibility index (Phi) is 9.97. The van der Waals surface area contributed by atoms with Gasteiger partial charge in [-0.15, -0.1) is 0 Å². The minimum Gasteiger partial charge on any atom is -0.466 e. The average molecular weight is 574 g/mol. The van der Waals surface area contributed by atoms with Crippen molar-refractivity contribution in [1.82, 2.24) is 25.2 Å². The Morgan fingerprint density at radius 1 is 1.15 bits per heavy atom. The van der Waals surface area contributed by atoms with Crippen molar-refractivity contribution >= 4 is 18.0 Å². The van der Waals surface area contributed by atoms with E-state index in [4.69, 9.17) is 9.47 Å². The maximum absolute atomic E-state index is 14.2. The molecule has 1 atom stereocenters. The van der Waals surface area contributed by atoms with Crippen LogP contribution in [0.2, 0.25) is 0 Å². The van der Waals surface area contributed by atoms with Crippen molar-refractivity contribution in [3.8, 4) is 0 Å². The fourth-order valence-corrected chi connectivity index (χ4v) is 5.20. The lowest BCUT2D eigenvalue weighted by molar-refractivity contribution is -0.137. The molecule has 1 unspecified atom stereocenters. The van der Waals surface area contributed by atoms with Crippen LogP contribution in [0.4, 0.5) is 18.4 Å². The number of piperidine rings is 1. The highest BCUT2D eigenvalue weighted by Crippen LogP contribution is 2.36. The van der Waals surface area contributed by atoms with E-state index in [1.54, 1.807) is 6.20 Å². The molecule has 0 saturated carbocycles. The Hall–Kier alpha value is -3.94. The maximum atomic E-state index is 14.2. The van der Waals surface area contributed by atoms with E-state index in [1.165, 1.54) is 7.11 Å². The lowest BCUT2D eigenvalue weighted by Crippen LogP contribution is -2.55. The second-order valence-corrected chi connectivity index (χ2v) is 9.82. The van der Waals surface area contributed by atoms with Crippen molar-refractivity contribution in [2.45, 2.75) is 31.2 Å². The van der Waals surface area contributed by atoms with Crippen molar-refractivity contribution in [1.29, 1.82) is 0 Å². The van der Waals surface area contributed by atoms with Gasteiger partial charge in [-0.05, 0) is 68.7 Å². The Balaban J connectivity index is 1.47. The summed E-state index contributed by atoms with van der Waals surface area (Å²) < 4.78 is 37.9. The second-order valence-electron chi connectivity index (χ2n) is 9.82. The molecule has 1 saturated heterocycles. The van der Waals surface area contributed by atoms with Crippen molar-refractivity contribution in [2.75, 3.05) is 47.0 Å². The van der Waals surface area contributed by atoms with Gasteiger partial charge in [0.25, 0.3) is 0 Å². The van der Waals surface area contributed by atoms with Crippen LogP contribution in [0.15, 0.2) is 53.9 Å². The number of benzene rings is 1. The monoisotopic (exact) mass is 573 g/mol. The van der Waals surface area contributed by atoms with Gasteiger partial charge in [-0.25, -0.2) is 33.1 Å². The number of urea groups is 2. The number of nitrogens with zero attached hydrogens (tertiary/aromatic N) is 4. The summed E-state index contributed by atoms with van der Waals surface area (Å²) in [5.74, 6) is -2.94. The van der Waals surface area contributed by atoms with Crippen molar-refractivity contribution in [3.05, 3.63) is 76.8 Å². The number of carbonyl (C=O) groups excluding carboxylic acids is 3. The standard InChI is InChI=1S/C28H33F2N5O6/c1-40-17-23-24(26(36)41-2)25(19-7-8-20(29)21(30)16-19)35(27(37)32-23)28(38)34(39)13-5-12-33-14-9-18(10-15-33)22-6-3-4-11-31-22/h3-4,6-8,11,16,18,25,39H,5,9-10,12-15,17H2,1-2H3,(H,32,37). The third-order valence-electron chi connectivity index (χ3n) is 7.25. The zero-order valence-corrected chi connectivity index (χ0v) is 22.9. The zero-order chi connectivity index (χ0) is 29.5. The number of halogens is 2. The molecular formula is C28H33F2N5O6. The first-order chi connectivity index (χ1) is 19.7. The molecular weight excluding hydrogens is 540 g/mol. The summed E-state index contributed by atoms with van der Waals surface area (Å²) in [6.07, 6.45) is 4.07. The molecule has 1 fully saturated rings. The molecule has 1 aromatic carbocycles. The van der Waals surface area contributed by atoms with E-state index in [-0.39, 0.29) is 30.0 Å². The molecule has 4 rings (SSSR count). The average Bonchev–Trinajstić information content (AvgIpc) is 2.98. The maximum Gasteiger partial charge on any atom is 0.352 e. The second kappa shape index (κ2) is 13.6. The molecule has 3 heterocycles. The van der Waals surface area contributed by atoms with E-state index in [9.17, 15) is 28.4 Å². The summed E-state index contributed by atoms with van der Waals surface area (Å²) in [6.45, 7) is 1.92. The summed E-state index contributed by atoms with van der Waals surface area (Å²) in [5, 5.41) is 13.5. The topological polar surface area (TPSA) is 125 Å². The Labute approximate surface area is 236 Å². The molecule has 0 aliphatic carbocycles. The lowest BCUT2D eigenvalue weighted by Gasteiger charge is -2.38. The summed E-state index contributed by atoms with van der Waals surface area (Å²) in [5.41, 5.74) is 0.758. The van der Waals surface area contributed by atoms with Crippen LogP contribution < -0.4 is 5.32 Å². The number of nitrogens with one attached hydrogen (secondary N) is 1. The fraction of sp³-hybridized carbons (Fsp3) is 0.429. The summed E-state index contributed by atoms with van der Waals surface area (Å²) in [7, 11) is 2.43. The summed E-state index contributed by atoms with van der Waals surface area (Å²) in [6, 6.07) is 4.97. The van der Waals surface area contributed by atoms with Gasteiger partial charge in [-0.2, -0.15) is 0 Å². The molecule has 11 nitrogen and oxygen atoms in total. The number of methoxy groups -OCH3 is 2. The molecule has 0 radical (unpaired) electrons. The zero-order valence-electron chi connectivity index (χ0n) is 22.9. The first kappa shape index (κ1) is 30.0. The van der Waals surface area contributed by atoms with Gasteiger partial charge in [0.15, 0.2) is 11.6 Å². The van der Waals surface area contributed by atoms with Gasteiger partial charge < -0.3 is 19.7 Å². The van der Waals surface area contributed by atoms with Crippen LogP contribution in [0.1, 0.15) is 42.5 Å². The first-order valence-corrected chi connectivity index (χ1v) is 13.2. The van der Waals surface area contributed by atoms with Crippen LogP contribution in [-0.2, 0) is 14.3 Å². The highest BCUT2D eigenvalue weighted by Gasteiger charge is 2.44. The SMILES string of the molecule is COCC1=C(C(=O)OC)C(c2ccc(F)c(F)c2)N(C(=O)N(O)CCCN2CCC(c3ccccn3)CC2)C(=O)N1. The number of likely N-dealkylation sites (tertiary alicyclic amines) is 1. The Morgan fingerprint density at radius 2 is 1.90 bits per heavy atom. The van der Waals surface area contributed by atoms with E-state index >= 15 is 0 Å². The molecule has 2 N–H and O–H groups in total. The van der Waals surface area contributed by atoms with E-state index in [0.29, 0.717) is 28.8 Å². The summed E-state index contributed by atoms with van der Waals surface area (Å²) >= 11 is 0. The quantitative estimate of drug-likeness (QED) is 0.265. The molecule has 0 bridgehead atoms. The number of rotatable bonds is 9.